The average Bonchev–Trinajstić information content (AvgIpc) is 2.15. The zero-order valence-electron chi connectivity index (χ0n) is 12.1. The summed E-state index contributed by atoms with van der Waals surface area (Å²) in [6.07, 6.45) is 6.83. The average molecular weight is 234 g/mol. The molecule has 1 nitrogen and oxygen atoms in total. The number of hydrogen-bond donors (Lipinski definition) is 1. The van der Waals surface area contributed by atoms with Crippen molar-refractivity contribution in [1.29, 1.82) is 0 Å². The zero-order valence-corrected chi connectivity index (χ0v) is 12.1. The second-order valence-electron chi connectivity index (χ2n) is 7.12. The molecule has 0 aromatic carbocycles. The maximum Gasteiger partial charge on any atom is 0.115 e. The largest absolute Gasteiger partial charge is 0.508 e. The van der Waals surface area contributed by atoms with E-state index in [0.717, 1.165) is 12.0 Å². The number of rotatable bonds is 1. The highest BCUT2D eigenvalue weighted by Gasteiger charge is 2.41. The van der Waals surface area contributed by atoms with Crippen molar-refractivity contribution >= 4 is 0 Å². The standard InChI is InChI=1S/C16H26O/c1-8-16(15(5,6)7)10-9-13(17)12(11-16)14(2,3)4/h8-10,17H,1,11H2,2-7H3. The Morgan fingerprint density at radius 1 is 1.24 bits per heavy atom. The summed E-state index contributed by atoms with van der Waals surface area (Å²) < 4.78 is 0. The van der Waals surface area contributed by atoms with E-state index in [2.05, 4.69) is 54.2 Å². The Labute approximate surface area is 106 Å². The summed E-state index contributed by atoms with van der Waals surface area (Å²) in [5, 5.41) is 10.1. The van der Waals surface area contributed by atoms with Crippen molar-refractivity contribution in [2.75, 3.05) is 0 Å². The fourth-order valence-corrected chi connectivity index (χ4v) is 2.38. The van der Waals surface area contributed by atoms with Gasteiger partial charge in [0, 0.05) is 5.41 Å². The fraction of sp³-hybridized carbons (Fsp3) is 0.625. The van der Waals surface area contributed by atoms with Crippen molar-refractivity contribution in [1.82, 2.24) is 0 Å². The lowest BCUT2D eigenvalue weighted by Crippen LogP contribution is -2.36. The minimum atomic E-state index is -0.0676. The molecule has 1 unspecified atom stereocenters. The predicted octanol–water partition coefficient (Wildman–Crippen LogP) is 5.02. The smallest absolute Gasteiger partial charge is 0.115 e. The Kier molecular flexibility index (Phi) is 3.35. The van der Waals surface area contributed by atoms with E-state index in [1.807, 2.05) is 12.2 Å². The van der Waals surface area contributed by atoms with Crippen LogP contribution in [-0.2, 0) is 0 Å². The number of aliphatic hydroxyl groups excluding tert-OH is 1. The maximum absolute atomic E-state index is 10.1. The third-order valence-electron chi connectivity index (χ3n) is 3.98. The summed E-state index contributed by atoms with van der Waals surface area (Å²) in [6, 6.07) is 0. The van der Waals surface area contributed by atoms with Gasteiger partial charge in [-0.25, -0.2) is 0 Å². The van der Waals surface area contributed by atoms with Gasteiger partial charge >= 0.3 is 0 Å². The van der Waals surface area contributed by atoms with Crippen LogP contribution < -0.4 is 0 Å². The number of allylic oxidation sites excluding steroid dienone is 4. The molecule has 0 bridgehead atoms. The van der Waals surface area contributed by atoms with Crippen molar-refractivity contribution < 1.29 is 5.11 Å². The van der Waals surface area contributed by atoms with Crippen LogP contribution >= 0.6 is 0 Å². The highest BCUT2D eigenvalue weighted by molar-refractivity contribution is 5.35. The predicted molar refractivity (Wildman–Crippen MR) is 75.0 cm³/mol. The molecule has 1 rings (SSSR count). The van der Waals surface area contributed by atoms with Gasteiger partial charge in [-0.05, 0) is 28.9 Å². The molecule has 0 amide bonds. The molecule has 1 atom stereocenters. The van der Waals surface area contributed by atoms with Crippen LogP contribution in [0.1, 0.15) is 48.0 Å². The van der Waals surface area contributed by atoms with E-state index in [1.165, 1.54) is 0 Å². The van der Waals surface area contributed by atoms with Crippen LogP contribution in [0.5, 0.6) is 0 Å². The molecule has 96 valence electrons. The first-order chi connectivity index (χ1) is 7.53. The molecular formula is C16H26O. The normalized spacial score (nSPS) is 26.2. The topological polar surface area (TPSA) is 20.2 Å². The van der Waals surface area contributed by atoms with Gasteiger partial charge in [0.05, 0.1) is 0 Å². The molecule has 0 fully saturated rings. The number of hydrogen-bond acceptors (Lipinski definition) is 1. The van der Waals surface area contributed by atoms with Gasteiger partial charge < -0.3 is 5.11 Å². The Morgan fingerprint density at radius 3 is 2.12 bits per heavy atom. The molecule has 0 saturated heterocycles. The lowest BCUT2D eigenvalue weighted by atomic mass is 9.59. The quantitative estimate of drug-likeness (QED) is 0.631. The summed E-state index contributed by atoms with van der Waals surface area (Å²) in [6.45, 7) is 17.1. The van der Waals surface area contributed by atoms with Gasteiger partial charge in [-0.2, -0.15) is 0 Å². The molecule has 1 aliphatic carbocycles. The van der Waals surface area contributed by atoms with E-state index >= 15 is 0 Å². The van der Waals surface area contributed by atoms with Gasteiger partial charge in [0.15, 0.2) is 0 Å². The highest BCUT2D eigenvalue weighted by Crippen LogP contribution is 2.51. The Hall–Kier alpha value is -0.980. The van der Waals surface area contributed by atoms with E-state index in [9.17, 15) is 5.11 Å². The van der Waals surface area contributed by atoms with E-state index < -0.39 is 0 Å². The summed E-state index contributed by atoms with van der Waals surface area (Å²) >= 11 is 0. The van der Waals surface area contributed by atoms with Gasteiger partial charge in [0.1, 0.15) is 5.76 Å². The van der Waals surface area contributed by atoms with Crippen molar-refractivity contribution in [2.24, 2.45) is 16.2 Å². The van der Waals surface area contributed by atoms with Gasteiger partial charge in [0.25, 0.3) is 0 Å². The second kappa shape index (κ2) is 4.04. The summed E-state index contributed by atoms with van der Waals surface area (Å²) in [4.78, 5) is 0. The maximum atomic E-state index is 10.1. The molecular weight excluding hydrogens is 208 g/mol. The molecule has 0 aliphatic heterocycles. The first-order valence-electron chi connectivity index (χ1n) is 6.29. The summed E-state index contributed by atoms with van der Waals surface area (Å²) in [5.41, 5.74) is 1.15. The lowest BCUT2D eigenvalue weighted by molar-refractivity contribution is 0.184. The molecule has 1 N–H and O–H groups in total. The highest BCUT2D eigenvalue weighted by atomic mass is 16.3. The van der Waals surface area contributed by atoms with Crippen molar-refractivity contribution in [3.05, 3.63) is 36.1 Å². The molecule has 17 heavy (non-hydrogen) atoms. The van der Waals surface area contributed by atoms with Gasteiger partial charge in [-0.15, -0.1) is 6.58 Å². The minimum absolute atomic E-state index is 0.00560. The molecule has 0 aromatic heterocycles. The van der Waals surface area contributed by atoms with Gasteiger partial charge in [-0.3, -0.25) is 0 Å². The minimum Gasteiger partial charge on any atom is -0.508 e. The Bertz CT molecular complexity index is 371. The van der Waals surface area contributed by atoms with Crippen molar-refractivity contribution in [3.8, 4) is 0 Å². The Morgan fingerprint density at radius 2 is 1.76 bits per heavy atom. The van der Waals surface area contributed by atoms with Crippen LogP contribution in [0.15, 0.2) is 36.1 Å². The van der Waals surface area contributed by atoms with E-state index in [1.54, 1.807) is 0 Å². The molecule has 0 saturated carbocycles. The third-order valence-corrected chi connectivity index (χ3v) is 3.98. The van der Waals surface area contributed by atoms with E-state index in [4.69, 9.17) is 0 Å². The van der Waals surface area contributed by atoms with Crippen LogP contribution in [0.2, 0.25) is 0 Å². The monoisotopic (exact) mass is 234 g/mol. The van der Waals surface area contributed by atoms with Gasteiger partial charge in [0.2, 0.25) is 0 Å². The first kappa shape index (κ1) is 14.1. The number of aliphatic hydroxyl groups is 1. The molecule has 0 heterocycles. The third kappa shape index (κ3) is 2.48. The molecule has 0 radical (unpaired) electrons. The molecule has 1 aliphatic rings. The lowest BCUT2D eigenvalue weighted by Gasteiger charge is -2.45. The van der Waals surface area contributed by atoms with Crippen molar-refractivity contribution in [2.45, 2.75) is 48.0 Å². The first-order valence-corrected chi connectivity index (χ1v) is 6.29. The van der Waals surface area contributed by atoms with E-state index in [0.29, 0.717) is 5.76 Å². The summed E-state index contributed by atoms with van der Waals surface area (Å²) in [7, 11) is 0. The van der Waals surface area contributed by atoms with Crippen LogP contribution in [0.3, 0.4) is 0 Å². The second-order valence-corrected chi connectivity index (χ2v) is 7.12. The van der Waals surface area contributed by atoms with E-state index in [-0.39, 0.29) is 16.2 Å². The van der Waals surface area contributed by atoms with Crippen LogP contribution in [-0.4, -0.2) is 5.11 Å². The van der Waals surface area contributed by atoms with Crippen LogP contribution in [0.25, 0.3) is 0 Å². The molecule has 1 heteroatoms. The molecule has 0 aromatic rings. The van der Waals surface area contributed by atoms with Gasteiger partial charge in [-0.1, -0.05) is 53.7 Å². The Balaban J connectivity index is 3.25. The SMILES string of the molecule is C=CC1(C(C)(C)C)C=CC(O)=C(C(C)(C)C)C1. The summed E-state index contributed by atoms with van der Waals surface area (Å²) in [5.74, 6) is 0.430. The zero-order chi connectivity index (χ0) is 13.5. The van der Waals surface area contributed by atoms with Crippen LogP contribution in [0, 0.1) is 16.2 Å². The molecule has 0 spiro atoms. The fourth-order valence-electron chi connectivity index (χ4n) is 2.38. The van der Waals surface area contributed by atoms with Crippen molar-refractivity contribution in [3.63, 3.8) is 0 Å². The van der Waals surface area contributed by atoms with Crippen LogP contribution in [0.4, 0.5) is 0 Å².